The van der Waals surface area contributed by atoms with Gasteiger partial charge in [0.1, 0.15) is 0 Å². The maximum atomic E-state index is 13.7. The fraction of sp³-hybridized carbons (Fsp3) is 0.467. The van der Waals surface area contributed by atoms with Crippen molar-refractivity contribution in [2.75, 3.05) is 32.6 Å². The van der Waals surface area contributed by atoms with E-state index < -0.39 is 9.53 Å². The highest BCUT2D eigenvalue weighted by molar-refractivity contribution is 8.12. The summed E-state index contributed by atoms with van der Waals surface area (Å²) >= 11 is 0. The fourth-order valence-electron chi connectivity index (χ4n) is 6.07. The molecule has 5 rings (SSSR count). The van der Waals surface area contributed by atoms with Gasteiger partial charge in [-0.1, -0.05) is 67.4 Å². The number of nitrogens with zero attached hydrogens (tertiary/aromatic N) is 1. The van der Waals surface area contributed by atoms with Gasteiger partial charge in [0.2, 0.25) is 0 Å². The van der Waals surface area contributed by atoms with Crippen LogP contribution in [0.15, 0.2) is 71.6 Å². The predicted molar refractivity (Wildman–Crippen MR) is 149 cm³/mol. The van der Waals surface area contributed by atoms with Crippen LogP contribution in [0.3, 0.4) is 0 Å². The van der Waals surface area contributed by atoms with E-state index in [1.807, 2.05) is 12.1 Å². The van der Waals surface area contributed by atoms with Crippen molar-refractivity contribution in [2.24, 2.45) is 0 Å². The number of hydrogen-bond acceptors (Lipinski definition) is 3. The van der Waals surface area contributed by atoms with E-state index >= 15 is 0 Å². The third-order valence-corrected chi connectivity index (χ3v) is 11.1. The summed E-state index contributed by atoms with van der Waals surface area (Å²) in [6, 6.07) is 23.9. The van der Waals surface area contributed by atoms with Crippen LogP contribution in [0, 0.1) is 0 Å². The van der Waals surface area contributed by atoms with Gasteiger partial charge in [-0.2, -0.15) is 4.21 Å². The molecular weight excluding hydrogens is 468 g/mol. The van der Waals surface area contributed by atoms with Gasteiger partial charge in [-0.05, 0) is 66.1 Å². The Labute approximate surface area is 215 Å². The van der Waals surface area contributed by atoms with E-state index in [4.69, 9.17) is 4.74 Å². The molecule has 36 heavy (non-hydrogen) atoms. The van der Waals surface area contributed by atoms with Gasteiger partial charge in [0, 0.05) is 31.4 Å². The molecule has 2 fully saturated rings. The molecule has 1 saturated heterocycles. The lowest BCUT2D eigenvalue weighted by Crippen LogP contribution is -2.54. The van der Waals surface area contributed by atoms with Crippen molar-refractivity contribution >= 4 is 20.3 Å². The second kappa shape index (κ2) is 10.3. The molecule has 0 spiro atoms. The SMILES string of the molecule is CC(NC1CCCCC(c2ccc(S(C)(=O)(O)N3CCOCC3)cc2)C1)c1cccc2ccccc12. The molecule has 2 aliphatic rings. The number of morpholine rings is 1. The van der Waals surface area contributed by atoms with E-state index in [1.54, 1.807) is 4.31 Å². The Kier molecular flexibility index (Phi) is 7.34. The van der Waals surface area contributed by atoms with Crippen LogP contribution < -0.4 is 5.32 Å². The molecule has 194 valence electrons. The fourth-order valence-corrected chi connectivity index (χ4v) is 8.14. The van der Waals surface area contributed by atoms with E-state index in [1.165, 1.54) is 47.4 Å². The van der Waals surface area contributed by atoms with Gasteiger partial charge in [0.15, 0.2) is 0 Å². The Morgan fingerprint density at radius 1 is 0.972 bits per heavy atom. The molecule has 0 amide bonds. The van der Waals surface area contributed by atoms with Crippen LogP contribution in [-0.4, -0.2) is 51.7 Å². The molecule has 5 nitrogen and oxygen atoms in total. The molecular formula is C30H40N2O3S. The van der Waals surface area contributed by atoms with Gasteiger partial charge in [-0.15, -0.1) is 9.53 Å². The minimum absolute atomic E-state index is 0.274. The maximum absolute atomic E-state index is 13.7. The Hall–Kier alpha value is -2.09. The summed E-state index contributed by atoms with van der Waals surface area (Å²) in [4.78, 5) is 0.505. The van der Waals surface area contributed by atoms with Gasteiger partial charge in [-0.3, -0.25) is 4.55 Å². The Morgan fingerprint density at radius 3 is 2.44 bits per heavy atom. The van der Waals surface area contributed by atoms with Crippen molar-refractivity contribution in [3.05, 3.63) is 77.9 Å². The smallest absolute Gasteiger partial charge is 0.0689 e. The first-order chi connectivity index (χ1) is 17.3. The first-order valence-corrected chi connectivity index (χ1v) is 15.7. The van der Waals surface area contributed by atoms with Gasteiger partial charge >= 0.3 is 0 Å². The van der Waals surface area contributed by atoms with Crippen molar-refractivity contribution in [2.45, 2.75) is 61.9 Å². The summed E-state index contributed by atoms with van der Waals surface area (Å²) in [6.45, 7) is 4.22. The molecule has 3 unspecified atom stereocenters. The number of rotatable bonds is 6. The summed E-state index contributed by atoms with van der Waals surface area (Å²) in [5.41, 5.74) is 2.63. The van der Waals surface area contributed by atoms with Crippen LogP contribution in [0.25, 0.3) is 10.8 Å². The molecule has 0 bridgehead atoms. The highest BCUT2D eigenvalue weighted by atomic mass is 32.3. The molecule has 1 aliphatic carbocycles. The third kappa shape index (κ3) is 5.29. The van der Waals surface area contributed by atoms with Crippen molar-refractivity contribution < 1.29 is 13.5 Å². The molecule has 0 radical (unpaired) electrons. The summed E-state index contributed by atoms with van der Waals surface area (Å²) in [5.74, 6) is 0.452. The first-order valence-electron chi connectivity index (χ1n) is 13.4. The van der Waals surface area contributed by atoms with E-state index in [9.17, 15) is 8.76 Å². The molecule has 3 aromatic rings. The highest BCUT2D eigenvalue weighted by Gasteiger charge is 2.34. The lowest BCUT2D eigenvalue weighted by Gasteiger charge is -2.50. The van der Waals surface area contributed by atoms with Crippen LogP contribution >= 0.6 is 0 Å². The normalized spacial score (nSPS) is 24.0. The molecule has 3 aromatic carbocycles. The largest absolute Gasteiger partial charge is 0.379 e. The lowest BCUT2D eigenvalue weighted by molar-refractivity contribution is 0.0686. The van der Waals surface area contributed by atoms with Crippen LogP contribution in [-0.2, 0) is 14.3 Å². The topological polar surface area (TPSA) is 61.8 Å². The van der Waals surface area contributed by atoms with Gasteiger partial charge in [0.25, 0.3) is 0 Å². The van der Waals surface area contributed by atoms with E-state index in [0.29, 0.717) is 43.2 Å². The van der Waals surface area contributed by atoms with E-state index in [2.05, 4.69) is 66.8 Å². The quantitative estimate of drug-likeness (QED) is 0.393. The number of benzene rings is 3. The zero-order valence-corrected chi connectivity index (χ0v) is 22.4. The average Bonchev–Trinajstić information content (AvgIpc) is 3.14. The van der Waals surface area contributed by atoms with Crippen molar-refractivity contribution in [3.8, 4) is 0 Å². The maximum Gasteiger partial charge on any atom is 0.0689 e. The van der Waals surface area contributed by atoms with Gasteiger partial charge < -0.3 is 10.1 Å². The van der Waals surface area contributed by atoms with Crippen LogP contribution in [0.2, 0.25) is 0 Å². The first kappa shape index (κ1) is 25.6. The average molecular weight is 509 g/mol. The molecule has 2 N–H and O–H groups in total. The molecule has 1 saturated carbocycles. The predicted octanol–water partition coefficient (Wildman–Crippen LogP) is 6.14. The zero-order valence-electron chi connectivity index (χ0n) is 21.6. The Bertz CT molecular complexity index is 1240. The van der Waals surface area contributed by atoms with E-state index in [0.717, 1.165) is 12.8 Å². The number of ether oxygens (including phenoxy) is 1. The third-order valence-electron chi connectivity index (χ3n) is 8.17. The van der Waals surface area contributed by atoms with Gasteiger partial charge in [-0.25, -0.2) is 4.31 Å². The lowest BCUT2D eigenvalue weighted by atomic mass is 9.90. The molecule has 1 aliphatic heterocycles. The number of fused-ring (bicyclic) bond motifs is 1. The molecule has 1 heterocycles. The van der Waals surface area contributed by atoms with Crippen molar-refractivity contribution in [3.63, 3.8) is 0 Å². The second-order valence-corrected chi connectivity index (χ2v) is 14.2. The highest BCUT2D eigenvalue weighted by Crippen LogP contribution is 2.37. The van der Waals surface area contributed by atoms with Crippen LogP contribution in [0.1, 0.15) is 62.1 Å². The minimum atomic E-state index is -4.07. The van der Waals surface area contributed by atoms with E-state index in [-0.39, 0.29) is 6.04 Å². The molecule has 6 heteroatoms. The summed E-state index contributed by atoms with van der Waals surface area (Å²) in [6.07, 6.45) is 7.36. The zero-order chi connectivity index (χ0) is 25.2. The Balaban J connectivity index is 1.30. The monoisotopic (exact) mass is 508 g/mol. The van der Waals surface area contributed by atoms with Crippen molar-refractivity contribution in [1.82, 2.24) is 9.62 Å². The summed E-state index contributed by atoms with van der Waals surface area (Å²) in [7, 11) is -4.07. The minimum Gasteiger partial charge on any atom is -0.379 e. The number of hydrogen-bond donors (Lipinski definition) is 2. The molecule has 3 atom stereocenters. The van der Waals surface area contributed by atoms with Crippen LogP contribution in [0.4, 0.5) is 0 Å². The summed E-state index contributed by atoms with van der Waals surface area (Å²) in [5, 5.41) is 6.56. The number of nitrogens with one attached hydrogen (secondary N) is 1. The standard InChI is InChI=1S/C30H40N2O3S/c1-23(29-13-7-10-25-8-4-6-12-30(25)29)31-27-11-5-3-9-26(22-27)24-14-16-28(17-15-24)36(2,33,34)32-18-20-35-21-19-32/h4,6-8,10,12-17,23,26-27,31H,3,5,9,11,18-22H2,1-2H3,(H,33,34). The van der Waals surface area contributed by atoms with Gasteiger partial charge in [0.05, 0.1) is 18.1 Å². The summed E-state index contributed by atoms with van der Waals surface area (Å²) < 4.78 is 32.0. The second-order valence-electron chi connectivity index (χ2n) is 10.7. The van der Waals surface area contributed by atoms with Crippen molar-refractivity contribution in [1.29, 1.82) is 0 Å². The Morgan fingerprint density at radius 2 is 1.67 bits per heavy atom. The van der Waals surface area contributed by atoms with Crippen LogP contribution in [0.5, 0.6) is 0 Å². The molecule has 0 aromatic heterocycles.